The first kappa shape index (κ1) is 15.9. The van der Waals surface area contributed by atoms with Crippen LogP contribution in [0.1, 0.15) is 61.0 Å². The van der Waals surface area contributed by atoms with E-state index in [1.54, 1.807) is 6.07 Å². The summed E-state index contributed by atoms with van der Waals surface area (Å²) in [4.78, 5) is 14.3. The van der Waals surface area contributed by atoms with E-state index in [9.17, 15) is 9.90 Å². The molecule has 0 aromatic heterocycles. The quantitative estimate of drug-likeness (QED) is 0.896. The highest BCUT2D eigenvalue weighted by Crippen LogP contribution is 2.52. The second kappa shape index (κ2) is 5.48. The molecule has 3 aliphatic rings. The minimum atomic E-state index is -0.545. The van der Waals surface area contributed by atoms with Gasteiger partial charge < -0.3 is 10.8 Å². The van der Waals surface area contributed by atoms with Gasteiger partial charge in [0.05, 0.1) is 5.56 Å². The Morgan fingerprint density at radius 3 is 2.79 bits per heavy atom. The molecule has 2 aliphatic carbocycles. The van der Waals surface area contributed by atoms with Crippen LogP contribution in [0.15, 0.2) is 12.1 Å². The first-order valence-electron chi connectivity index (χ1n) is 9.31. The van der Waals surface area contributed by atoms with Crippen LogP contribution in [0, 0.1) is 11.8 Å². The molecule has 1 aromatic carbocycles. The number of nitrogens with zero attached hydrogens (tertiary/aromatic N) is 1. The summed E-state index contributed by atoms with van der Waals surface area (Å²) in [5, 5.41) is 10.7. The fraction of sp³-hybridized carbons (Fsp3) is 0.650. The lowest BCUT2D eigenvalue weighted by molar-refractivity contribution is 0.0112. The maximum Gasteiger partial charge on any atom is 0.252 e. The van der Waals surface area contributed by atoms with Crippen LogP contribution in [0.25, 0.3) is 0 Å². The van der Waals surface area contributed by atoms with Crippen molar-refractivity contribution < 1.29 is 9.90 Å². The summed E-state index contributed by atoms with van der Waals surface area (Å²) in [5.41, 5.74) is 7.80. The van der Waals surface area contributed by atoms with Gasteiger partial charge in [-0.1, -0.05) is 26.3 Å². The van der Waals surface area contributed by atoms with Gasteiger partial charge in [0.2, 0.25) is 0 Å². The number of phenols is 1. The van der Waals surface area contributed by atoms with Gasteiger partial charge in [-0.25, -0.2) is 0 Å². The molecule has 3 N–H and O–H groups in total. The minimum Gasteiger partial charge on any atom is -0.507 e. The van der Waals surface area contributed by atoms with E-state index in [1.807, 2.05) is 6.07 Å². The van der Waals surface area contributed by atoms with Gasteiger partial charge >= 0.3 is 0 Å². The number of likely N-dealkylation sites (tertiary alicyclic amines) is 1. The summed E-state index contributed by atoms with van der Waals surface area (Å²) in [6, 6.07) is 4.25. The van der Waals surface area contributed by atoms with Crippen LogP contribution < -0.4 is 5.73 Å². The molecule has 1 amide bonds. The van der Waals surface area contributed by atoms with Crippen LogP contribution in [-0.2, 0) is 11.8 Å². The SMILES string of the molecule is C[C@H]1[C@H]2Cc3ccc(C(N)=O)c(O)c3[C@]1(C)CCN2CC1CCC1. The van der Waals surface area contributed by atoms with Gasteiger partial charge in [-0.15, -0.1) is 0 Å². The van der Waals surface area contributed by atoms with E-state index >= 15 is 0 Å². The van der Waals surface area contributed by atoms with E-state index in [4.69, 9.17) is 5.73 Å². The second-order valence-corrected chi connectivity index (χ2v) is 8.38. The zero-order chi connectivity index (χ0) is 17.1. The third-order valence-corrected chi connectivity index (χ3v) is 7.22. The van der Waals surface area contributed by atoms with Crippen LogP contribution in [0.5, 0.6) is 5.75 Å². The summed E-state index contributed by atoms with van der Waals surface area (Å²) in [7, 11) is 0. The number of hydrogen-bond donors (Lipinski definition) is 2. The minimum absolute atomic E-state index is 0.0795. The third-order valence-electron chi connectivity index (χ3n) is 7.22. The lowest BCUT2D eigenvalue weighted by Gasteiger charge is -2.55. The van der Waals surface area contributed by atoms with E-state index in [-0.39, 0.29) is 16.7 Å². The monoisotopic (exact) mass is 328 g/mol. The van der Waals surface area contributed by atoms with E-state index in [1.165, 1.54) is 31.4 Å². The van der Waals surface area contributed by atoms with Crippen molar-refractivity contribution in [2.45, 2.75) is 57.4 Å². The lowest BCUT2D eigenvalue weighted by Crippen LogP contribution is -2.59. The number of fused-ring (bicyclic) bond motifs is 4. The summed E-state index contributed by atoms with van der Waals surface area (Å²) < 4.78 is 0. The molecule has 130 valence electrons. The van der Waals surface area contributed by atoms with E-state index in [0.717, 1.165) is 30.9 Å². The van der Waals surface area contributed by atoms with Gasteiger partial charge in [0.15, 0.2) is 0 Å². The highest BCUT2D eigenvalue weighted by molar-refractivity contribution is 5.96. The molecule has 4 rings (SSSR count). The summed E-state index contributed by atoms with van der Waals surface area (Å²) in [6.45, 7) is 6.89. The Bertz CT molecular complexity index is 682. The first-order chi connectivity index (χ1) is 11.4. The number of rotatable bonds is 3. The number of carbonyl (C=O) groups excluding carboxylic acids is 1. The molecular weight excluding hydrogens is 300 g/mol. The molecule has 0 radical (unpaired) electrons. The Hall–Kier alpha value is -1.55. The number of aromatic hydroxyl groups is 1. The van der Waals surface area contributed by atoms with Crippen molar-refractivity contribution in [2.24, 2.45) is 17.6 Å². The largest absolute Gasteiger partial charge is 0.507 e. The lowest BCUT2D eigenvalue weighted by atomic mass is 9.58. The number of piperidine rings is 1. The van der Waals surface area contributed by atoms with Crippen molar-refractivity contribution in [1.82, 2.24) is 4.90 Å². The van der Waals surface area contributed by atoms with Gasteiger partial charge in [0, 0.05) is 23.6 Å². The molecule has 24 heavy (non-hydrogen) atoms. The smallest absolute Gasteiger partial charge is 0.252 e. The van der Waals surface area contributed by atoms with Crippen LogP contribution in [0.4, 0.5) is 0 Å². The Morgan fingerprint density at radius 1 is 1.42 bits per heavy atom. The van der Waals surface area contributed by atoms with Gasteiger partial charge in [0.1, 0.15) is 5.75 Å². The number of carbonyl (C=O) groups is 1. The molecule has 3 atom stereocenters. The molecule has 4 heteroatoms. The van der Waals surface area contributed by atoms with Crippen molar-refractivity contribution in [1.29, 1.82) is 0 Å². The number of hydrogen-bond acceptors (Lipinski definition) is 3. The van der Waals surface area contributed by atoms with Crippen LogP contribution in [0.2, 0.25) is 0 Å². The highest BCUT2D eigenvalue weighted by atomic mass is 16.3. The Morgan fingerprint density at radius 2 is 2.17 bits per heavy atom. The van der Waals surface area contributed by atoms with Crippen molar-refractivity contribution >= 4 is 5.91 Å². The molecule has 1 heterocycles. The molecule has 2 bridgehead atoms. The molecule has 1 saturated carbocycles. The molecule has 1 saturated heterocycles. The molecule has 1 aromatic rings. The maximum atomic E-state index is 11.6. The molecule has 2 fully saturated rings. The summed E-state index contributed by atoms with van der Waals surface area (Å²) >= 11 is 0. The maximum absolute atomic E-state index is 11.6. The van der Waals surface area contributed by atoms with Crippen molar-refractivity contribution in [2.75, 3.05) is 13.1 Å². The van der Waals surface area contributed by atoms with Gasteiger partial charge in [-0.3, -0.25) is 9.69 Å². The van der Waals surface area contributed by atoms with Gasteiger partial charge in [-0.05, 0) is 55.7 Å². The number of benzene rings is 1. The Kier molecular flexibility index (Phi) is 3.64. The fourth-order valence-corrected chi connectivity index (χ4v) is 5.27. The van der Waals surface area contributed by atoms with Gasteiger partial charge in [-0.2, -0.15) is 0 Å². The van der Waals surface area contributed by atoms with Crippen LogP contribution in [0.3, 0.4) is 0 Å². The highest BCUT2D eigenvalue weighted by Gasteiger charge is 2.50. The number of nitrogens with two attached hydrogens (primary N) is 1. The van der Waals surface area contributed by atoms with Crippen molar-refractivity contribution in [3.8, 4) is 5.75 Å². The second-order valence-electron chi connectivity index (χ2n) is 8.38. The van der Waals surface area contributed by atoms with E-state index < -0.39 is 5.91 Å². The first-order valence-corrected chi connectivity index (χ1v) is 9.31. The topological polar surface area (TPSA) is 66.6 Å². The predicted molar refractivity (Wildman–Crippen MR) is 94.2 cm³/mol. The predicted octanol–water partition coefficient (Wildman–Crippen LogP) is 2.82. The molecule has 0 spiro atoms. The fourth-order valence-electron chi connectivity index (χ4n) is 5.27. The Balaban J connectivity index is 1.72. The molecule has 1 aliphatic heterocycles. The van der Waals surface area contributed by atoms with E-state index in [2.05, 4.69) is 18.7 Å². The van der Waals surface area contributed by atoms with Gasteiger partial charge in [0.25, 0.3) is 5.91 Å². The van der Waals surface area contributed by atoms with Crippen molar-refractivity contribution in [3.05, 3.63) is 28.8 Å². The number of primary amides is 1. The average Bonchev–Trinajstić information content (AvgIpc) is 2.47. The molecule has 0 unspecified atom stereocenters. The van der Waals surface area contributed by atoms with E-state index in [0.29, 0.717) is 12.0 Å². The summed E-state index contributed by atoms with van der Waals surface area (Å²) in [5.74, 6) is 0.929. The normalized spacial score (nSPS) is 32.9. The third kappa shape index (κ3) is 2.19. The van der Waals surface area contributed by atoms with Crippen LogP contribution in [-0.4, -0.2) is 35.0 Å². The molecular formula is C20H28N2O2. The zero-order valence-electron chi connectivity index (χ0n) is 14.7. The number of amides is 1. The van der Waals surface area contributed by atoms with Crippen LogP contribution >= 0.6 is 0 Å². The standard InChI is InChI=1S/C20H28N2O2/c1-12-16-10-14-6-7-15(19(21)24)18(23)17(14)20(12,2)8-9-22(16)11-13-4-3-5-13/h6-7,12-13,16,23H,3-5,8-11H2,1-2H3,(H2,21,24)/t12-,16+,20+/m0/s1. The summed E-state index contributed by atoms with van der Waals surface area (Å²) in [6.07, 6.45) is 6.15. The average molecular weight is 328 g/mol. The molecule has 4 nitrogen and oxygen atoms in total. The van der Waals surface area contributed by atoms with Crippen molar-refractivity contribution in [3.63, 3.8) is 0 Å². The Labute approximate surface area is 144 Å². The zero-order valence-corrected chi connectivity index (χ0v) is 14.7.